The van der Waals surface area contributed by atoms with Gasteiger partial charge in [-0.3, -0.25) is 0 Å². The van der Waals surface area contributed by atoms with Gasteiger partial charge in [-0.1, -0.05) is 23.2 Å². The molecule has 0 aliphatic carbocycles. The van der Waals surface area contributed by atoms with Gasteiger partial charge in [0, 0.05) is 17.3 Å². The zero-order valence-corrected chi connectivity index (χ0v) is 15.9. The molecule has 0 amide bonds. The normalized spacial score (nSPS) is 10.4. The maximum Gasteiger partial charge on any atom is 0.339 e. The Morgan fingerprint density at radius 1 is 1.12 bits per heavy atom. The fourth-order valence-corrected chi connectivity index (χ4v) is 2.67. The standard InChI is InChI=1S/C20H24ClNO3/c1-13-6-7-18(17(10-13)20(23)24-4)22-8-5-9-25-16-11-14(2)19(21)15(3)12-16/h6-7,10-12,22H,5,8-9H2,1-4H3. The number of aryl methyl sites for hydroxylation is 3. The number of nitrogens with one attached hydrogen (secondary N) is 1. The van der Waals surface area contributed by atoms with Gasteiger partial charge in [0.05, 0.1) is 19.3 Å². The van der Waals surface area contributed by atoms with E-state index in [0.717, 1.165) is 39.6 Å². The summed E-state index contributed by atoms with van der Waals surface area (Å²) in [6.45, 7) is 7.15. The van der Waals surface area contributed by atoms with Crippen molar-refractivity contribution in [1.29, 1.82) is 0 Å². The number of anilines is 1. The number of ether oxygens (including phenoxy) is 2. The van der Waals surface area contributed by atoms with Crippen LogP contribution in [0.5, 0.6) is 5.75 Å². The lowest BCUT2D eigenvalue weighted by Gasteiger charge is -2.13. The number of carbonyl (C=O) groups is 1. The van der Waals surface area contributed by atoms with Crippen LogP contribution in [0.3, 0.4) is 0 Å². The predicted octanol–water partition coefficient (Wildman–Crippen LogP) is 4.93. The van der Waals surface area contributed by atoms with Crippen molar-refractivity contribution in [2.75, 3.05) is 25.6 Å². The van der Waals surface area contributed by atoms with Gasteiger partial charge in [-0.2, -0.15) is 0 Å². The minimum atomic E-state index is -0.338. The molecule has 0 unspecified atom stereocenters. The molecule has 0 atom stereocenters. The van der Waals surface area contributed by atoms with E-state index >= 15 is 0 Å². The lowest BCUT2D eigenvalue weighted by molar-refractivity contribution is 0.0601. The van der Waals surface area contributed by atoms with E-state index in [1.165, 1.54) is 7.11 Å². The molecular weight excluding hydrogens is 338 g/mol. The van der Waals surface area contributed by atoms with Gasteiger partial charge in [-0.15, -0.1) is 0 Å². The summed E-state index contributed by atoms with van der Waals surface area (Å²) in [5.41, 5.74) is 4.36. The average Bonchev–Trinajstić information content (AvgIpc) is 2.59. The van der Waals surface area contributed by atoms with Crippen LogP contribution >= 0.6 is 11.6 Å². The number of methoxy groups -OCH3 is 1. The van der Waals surface area contributed by atoms with E-state index < -0.39 is 0 Å². The van der Waals surface area contributed by atoms with Crippen LogP contribution in [0.4, 0.5) is 5.69 Å². The van der Waals surface area contributed by atoms with Gasteiger partial charge < -0.3 is 14.8 Å². The summed E-state index contributed by atoms with van der Waals surface area (Å²) < 4.78 is 10.6. The number of hydrogen-bond donors (Lipinski definition) is 1. The van der Waals surface area contributed by atoms with Gasteiger partial charge in [0.1, 0.15) is 5.75 Å². The van der Waals surface area contributed by atoms with Crippen molar-refractivity contribution < 1.29 is 14.3 Å². The first kappa shape index (κ1) is 19.1. The maximum absolute atomic E-state index is 11.9. The minimum absolute atomic E-state index is 0.338. The van der Waals surface area contributed by atoms with E-state index in [-0.39, 0.29) is 5.97 Å². The molecule has 4 nitrogen and oxygen atoms in total. The van der Waals surface area contributed by atoms with Gasteiger partial charge in [-0.25, -0.2) is 4.79 Å². The molecule has 2 aromatic rings. The van der Waals surface area contributed by atoms with Crippen molar-refractivity contribution in [3.05, 3.63) is 57.6 Å². The Bertz CT molecular complexity index is 736. The zero-order chi connectivity index (χ0) is 18.4. The lowest BCUT2D eigenvalue weighted by atomic mass is 10.1. The highest BCUT2D eigenvalue weighted by Crippen LogP contribution is 2.26. The lowest BCUT2D eigenvalue weighted by Crippen LogP contribution is -2.11. The number of carbonyl (C=O) groups excluding carboxylic acids is 1. The van der Waals surface area contributed by atoms with E-state index in [1.54, 1.807) is 0 Å². The van der Waals surface area contributed by atoms with Crippen molar-refractivity contribution in [3.8, 4) is 5.75 Å². The van der Waals surface area contributed by atoms with Crippen LogP contribution in [0.2, 0.25) is 5.02 Å². The zero-order valence-electron chi connectivity index (χ0n) is 15.1. The van der Waals surface area contributed by atoms with Crippen molar-refractivity contribution in [3.63, 3.8) is 0 Å². The first-order valence-corrected chi connectivity index (χ1v) is 8.62. The Labute approximate surface area is 154 Å². The second-order valence-corrected chi connectivity index (χ2v) is 6.42. The predicted molar refractivity (Wildman–Crippen MR) is 102 cm³/mol. The fraction of sp³-hybridized carbons (Fsp3) is 0.350. The quantitative estimate of drug-likeness (QED) is 0.561. The van der Waals surface area contributed by atoms with E-state index in [2.05, 4.69) is 5.32 Å². The molecule has 1 N–H and O–H groups in total. The summed E-state index contributed by atoms with van der Waals surface area (Å²) >= 11 is 6.16. The van der Waals surface area contributed by atoms with Crippen LogP contribution in [-0.4, -0.2) is 26.2 Å². The molecule has 25 heavy (non-hydrogen) atoms. The van der Waals surface area contributed by atoms with Crippen LogP contribution in [0, 0.1) is 20.8 Å². The first-order chi connectivity index (χ1) is 11.9. The van der Waals surface area contributed by atoms with Gasteiger partial charge in [0.25, 0.3) is 0 Å². The molecule has 0 aromatic heterocycles. The molecule has 0 saturated heterocycles. The van der Waals surface area contributed by atoms with Crippen molar-refractivity contribution >= 4 is 23.3 Å². The third kappa shape index (κ3) is 5.13. The van der Waals surface area contributed by atoms with Gasteiger partial charge >= 0.3 is 5.97 Å². The molecule has 0 aliphatic rings. The fourth-order valence-electron chi connectivity index (χ4n) is 2.57. The Hall–Kier alpha value is -2.20. The number of hydrogen-bond acceptors (Lipinski definition) is 4. The Balaban J connectivity index is 1.87. The summed E-state index contributed by atoms with van der Waals surface area (Å²) in [5, 5.41) is 4.05. The van der Waals surface area contributed by atoms with Crippen molar-refractivity contribution in [2.24, 2.45) is 0 Å². The third-order valence-electron chi connectivity index (χ3n) is 3.90. The molecule has 2 rings (SSSR count). The molecular formula is C20H24ClNO3. The molecule has 0 radical (unpaired) electrons. The Kier molecular flexibility index (Phi) is 6.71. The van der Waals surface area contributed by atoms with Crippen molar-refractivity contribution in [1.82, 2.24) is 0 Å². The topological polar surface area (TPSA) is 47.6 Å². The summed E-state index contributed by atoms with van der Waals surface area (Å²) in [6, 6.07) is 9.57. The van der Waals surface area contributed by atoms with E-state index in [0.29, 0.717) is 18.7 Å². The molecule has 0 fully saturated rings. The van der Waals surface area contributed by atoms with Crippen LogP contribution in [0.1, 0.15) is 33.5 Å². The number of halogens is 1. The third-order valence-corrected chi connectivity index (χ3v) is 4.49. The smallest absolute Gasteiger partial charge is 0.339 e. The highest BCUT2D eigenvalue weighted by atomic mass is 35.5. The maximum atomic E-state index is 11.9. The number of benzene rings is 2. The second-order valence-electron chi connectivity index (χ2n) is 6.04. The molecule has 0 saturated carbocycles. The highest BCUT2D eigenvalue weighted by molar-refractivity contribution is 6.32. The molecule has 2 aromatic carbocycles. The Morgan fingerprint density at radius 3 is 2.44 bits per heavy atom. The van der Waals surface area contributed by atoms with E-state index in [1.807, 2.05) is 51.1 Å². The van der Waals surface area contributed by atoms with Gasteiger partial charge in [-0.05, 0) is 62.6 Å². The molecule has 5 heteroatoms. The summed E-state index contributed by atoms with van der Waals surface area (Å²) in [5.74, 6) is 0.486. The molecule has 0 aliphatic heterocycles. The molecule has 0 heterocycles. The van der Waals surface area contributed by atoms with Gasteiger partial charge in [0.2, 0.25) is 0 Å². The first-order valence-electron chi connectivity index (χ1n) is 8.24. The largest absolute Gasteiger partial charge is 0.494 e. The van der Waals surface area contributed by atoms with Crippen LogP contribution < -0.4 is 10.1 Å². The molecule has 134 valence electrons. The summed E-state index contributed by atoms with van der Waals surface area (Å²) in [4.78, 5) is 11.9. The van der Waals surface area contributed by atoms with Crippen LogP contribution in [0.25, 0.3) is 0 Å². The monoisotopic (exact) mass is 361 g/mol. The summed E-state index contributed by atoms with van der Waals surface area (Å²) in [7, 11) is 1.39. The highest BCUT2D eigenvalue weighted by Gasteiger charge is 2.11. The number of rotatable bonds is 7. The molecule has 0 bridgehead atoms. The van der Waals surface area contributed by atoms with Crippen molar-refractivity contribution in [2.45, 2.75) is 27.2 Å². The second kappa shape index (κ2) is 8.77. The van der Waals surface area contributed by atoms with Crippen LogP contribution in [0.15, 0.2) is 30.3 Å². The number of esters is 1. The molecule has 0 spiro atoms. The Morgan fingerprint density at radius 2 is 1.80 bits per heavy atom. The summed E-state index contributed by atoms with van der Waals surface area (Å²) in [6.07, 6.45) is 0.801. The average molecular weight is 362 g/mol. The SMILES string of the molecule is COC(=O)c1cc(C)ccc1NCCCOc1cc(C)c(Cl)c(C)c1. The minimum Gasteiger partial charge on any atom is -0.494 e. The van der Waals surface area contributed by atoms with E-state index in [4.69, 9.17) is 21.1 Å². The van der Waals surface area contributed by atoms with Gasteiger partial charge in [0.15, 0.2) is 0 Å². The van der Waals surface area contributed by atoms with Crippen LogP contribution in [-0.2, 0) is 4.74 Å². The van der Waals surface area contributed by atoms with E-state index in [9.17, 15) is 4.79 Å².